The first-order valence-electron chi connectivity index (χ1n) is 5.91. The van der Waals surface area contributed by atoms with Crippen molar-refractivity contribution in [2.24, 2.45) is 17.1 Å². The van der Waals surface area contributed by atoms with Crippen LogP contribution in [0.15, 0.2) is 0 Å². The molecule has 0 aromatic rings. The molecule has 1 aliphatic carbocycles. The first-order chi connectivity index (χ1) is 7.05. The van der Waals surface area contributed by atoms with Gasteiger partial charge in [-0.15, -0.1) is 0 Å². The van der Waals surface area contributed by atoms with Crippen molar-refractivity contribution in [3.8, 4) is 0 Å². The molecule has 1 rings (SSSR count). The van der Waals surface area contributed by atoms with Gasteiger partial charge in [0.1, 0.15) is 0 Å². The summed E-state index contributed by atoms with van der Waals surface area (Å²) < 4.78 is 9.98. The molecule has 0 radical (unpaired) electrons. The third-order valence-corrected chi connectivity index (χ3v) is 3.74. The van der Waals surface area contributed by atoms with Crippen LogP contribution in [0.5, 0.6) is 0 Å². The molecular weight excluding hydrogens is 206 g/mol. The highest BCUT2D eigenvalue weighted by Gasteiger charge is 2.34. The van der Waals surface area contributed by atoms with Gasteiger partial charge in [0.05, 0.1) is 0 Å². The number of hydrogen-bond donors (Lipinski definition) is 1. The van der Waals surface area contributed by atoms with Crippen LogP contribution in [0.25, 0.3) is 0 Å². The maximum Gasteiger partial charge on any atom is 0.304 e. The number of nitrogens with two attached hydrogens (primary N) is 1. The predicted octanol–water partition coefficient (Wildman–Crippen LogP) is 1.44. The summed E-state index contributed by atoms with van der Waals surface area (Å²) in [5.41, 5.74) is 6.07. The lowest BCUT2D eigenvalue weighted by molar-refractivity contribution is 0.103. The van der Waals surface area contributed by atoms with Gasteiger partial charge in [-0.1, -0.05) is 13.8 Å². The molecule has 2 N–H and O–H groups in total. The monoisotopic (exact) mass is 233 g/mol. The minimum absolute atomic E-state index is 0.589. The van der Waals surface area contributed by atoms with E-state index >= 15 is 0 Å². The molecule has 0 atom stereocenters. The second-order valence-corrected chi connectivity index (χ2v) is 5.83. The van der Waals surface area contributed by atoms with Crippen LogP contribution in [-0.2, 0) is 8.85 Å². The second-order valence-electron chi connectivity index (χ2n) is 4.78. The Balaban J connectivity index is 0.000000265. The van der Waals surface area contributed by atoms with Crippen LogP contribution in [-0.4, -0.2) is 29.8 Å². The van der Waals surface area contributed by atoms with E-state index in [-0.39, 0.29) is 0 Å². The lowest BCUT2D eigenvalue weighted by Crippen LogP contribution is -2.36. The fourth-order valence-corrected chi connectivity index (χ4v) is 2.35. The molecule has 0 saturated heterocycles. The van der Waals surface area contributed by atoms with Crippen molar-refractivity contribution < 1.29 is 8.85 Å². The van der Waals surface area contributed by atoms with E-state index < -0.39 is 10.0 Å². The zero-order valence-corrected chi connectivity index (χ0v) is 12.1. The molecule has 0 amide bonds. The summed E-state index contributed by atoms with van der Waals surface area (Å²) in [4.78, 5) is 0. The standard InChI is InChI=1S/C7H15N.C4H12O2Si/c1-7(2)3-6(4-7)5-8;1-3-5-7-6-4-2/h6H,3-5,8H2,1-2H3;3-4,7H2,1-2H3. The van der Waals surface area contributed by atoms with E-state index in [1.807, 2.05) is 13.8 Å². The van der Waals surface area contributed by atoms with Gasteiger partial charge in [-0.2, -0.15) is 0 Å². The number of rotatable bonds is 5. The molecule has 0 heterocycles. The topological polar surface area (TPSA) is 44.5 Å². The Morgan fingerprint density at radius 3 is 1.87 bits per heavy atom. The molecule has 0 unspecified atom stereocenters. The SMILES string of the molecule is CC1(C)CC(CN)C1.CCO[SiH2]OCC. The van der Waals surface area contributed by atoms with Gasteiger partial charge in [-0.3, -0.25) is 0 Å². The first-order valence-corrected chi connectivity index (χ1v) is 7.06. The molecule has 0 aromatic carbocycles. The van der Waals surface area contributed by atoms with Gasteiger partial charge in [-0.25, -0.2) is 0 Å². The first kappa shape index (κ1) is 15.1. The molecule has 1 saturated carbocycles. The lowest BCUT2D eigenvalue weighted by Gasteiger charge is -2.42. The summed E-state index contributed by atoms with van der Waals surface area (Å²) in [6.07, 6.45) is 2.67. The maximum absolute atomic E-state index is 5.45. The average molecular weight is 233 g/mol. The zero-order chi connectivity index (χ0) is 11.7. The second kappa shape index (κ2) is 8.27. The Hall–Kier alpha value is 0.0969. The van der Waals surface area contributed by atoms with E-state index in [0.717, 1.165) is 25.7 Å². The van der Waals surface area contributed by atoms with Crippen molar-refractivity contribution >= 4 is 10.0 Å². The molecule has 4 heteroatoms. The number of hydrogen-bond acceptors (Lipinski definition) is 3. The van der Waals surface area contributed by atoms with Crippen LogP contribution in [0.2, 0.25) is 0 Å². The van der Waals surface area contributed by atoms with Crippen molar-refractivity contribution in [2.45, 2.75) is 40.5 Å². The van der Waals surface area contributed by atoms with Crippen molar-refractivity contribution in [1.82, 2.24) is 0 Å². The van der Waals surface area contributed by atoms with Gasteiger partial charge in [0, 0.05) is 13.2 Å². The van der Waals surface area contributed by atoms with Crippen molar-refractivity contribution in [2.75, 3.05) is 19.8 Å². The molecule has 92 valence electrons. The summed E-state index contributed by atoms with van der Waals surface area (Å²) in [5, 5.41) is 0. The van der Waals surface area contributed by atoms with Crippen LogP contribution in [0, 0.1) is 11.3 Å². The normalized spacial score (nSPS) is 19.0. The van der Waals surface area contributed by atoms with E-state index in [2.05, 4.69) is 13.8 Å². The van der Waals surface area contributed by atoms with Gasteiger partial charge < -0.3 is 14.6 Å². The third kappa shape index (κ3) is 7.96. The molecule has 0 aliphatic heterocycles. The summed E-state index contributed by atoms with van der Waals surface area (Å²) >= 11 is 0. The highest BCUT2D eigenvalue weighted by molar-refractivity contribution is 6.17. The van der Waals surface area contributed by atoms with Crippen LogP contribution >= 0.6 is 0 Å². The van der Waals surface area contributed by atoms with E-state index in [1.54, 1.807) is 0 Å². The Kier molecular flexibility index (Phi) is 8.33. The third-order valence-electron chi connectivity index (χ3n) is 2.59. The van der Waals surface area contributed by atoms with E-state index in [9.17, 15) is 0 Å². The fraction of sp³-hybridized carbons (Fsp3) is 1.00. The molecule has 1 aliphatic rings. The predicted molar refractivity (Wildman–Crippen MR) is 67.4 cm³/mol. The van der Waals surface area contributed by atoms with Crippen LogP contribution < -0.4 is 5.73 Å². The zero-order valence-electron chi connectivity index (χ0n) is 10.7. The Morgan fingerprint density at radius 2 is 1.67 bits per heavy atom. The highest BCUT2D eigenvalue weighted by Crippen LogP contribution is 2.43. The molecule has 0 bridgehead atoms. The van der Waals surface area contributed by atoms with Crippen molar-refractivity contribution in [3.05, 3.63) is 0 Å². The molecule has 15 heavy (non-hydrogen) atoms. The van der Waals surface area contributed by atoms with E-state index in [1.165, 1.54) is 12.8 Å². The minimum atomic E-state index is -0.589. The smallest absolute Gasteiger partial charge is 0.304 e. The molecular formula is C11H27NO2Si. The molecule has 0 aromatic heterocycles. The molecule has 3 nitrogen and oxygen atoms in total. The van der Waals surface area contributed by atoms with Gasteiger partial charge >= 0.3 is 10.0 Å². The van der Waals surface area contributed by atoms with Gasteiger partial charge in [0.25, 0.3) is 0 Å². The van der Waals surface area contributed by atoms with Gasteiger partial charge in [-0.05, 0) is 44.6 Å². The molecule has 1 fully saturated rings. The minimum Gasteiger partial charge on any atom is -0.399 e. The van der Waals surface area contributed by atoms with E-state index in [0.29, 0.717) is 5.41 Å². The largest absolute Gasteiger partial charge is 0.399 e. The molecule has 0 spiro atoms. The Morgan fingerprint density at radius 1 is 1.20 bits per heavy atom. The van der Waals surface area contributed by atoms with Crippen molar-refractivity contribution in [3.63, 3.8) is 0 Å². The Bertz CT molecular complexity index is 142. The summed E-state index contributed by atoms with van der Waals surface area (Å²) in [7, 11) is -0.589. The fourth-order valence-electron chi connectivity index (χ4n) is 1.90. The summed E-state index contributed by atoms with van der Waals surface area (Å²) in [6.45, 7) is 11.1. The lowest BCUT2D eigenvalue weighted by atomic mass is 9.65. The summed E-state index contributed by atoms with van der Waals surface area (Å²) in [5.74, 6) is 0.838. The van der Waals surface area contributed by atoms with Crippen LogP contribution in [0.3, 0.4) is 0 Å². The van der Waals surface area contributed by atoms with E-state index in [4.69, 9.17) is 14.6 Å². The van der Waals surface area contributed by atoms with Gasteiger partial charge in [0.15, 0.2) is 0 Å². The summed E-state index contributed by atoms with van der Waals surface area (Å²) in [6, 6.07) is 0. The van der Waals surface area contributed by atoms with Crippen LogP contribution in [0.4, 0.5) is 0 Å². The van der Waals surface area contributed by atoms with Crippen LogP contribution in [0.1, 0.15) is 40.5 Å². The van der Waals surface area contributed by atoms with Crippen molar-refractivity contribution in [1.29, 1.82) is 0 Å². The highest BCUT2D eigenvalue weighted by atomic mass is 28.3. The maximum atomic E-state index is 5.45. The van der Waals surface area contributed by atoms with Gasteiger partial charge in [0.2, 0.25) is 0 Å². The average Bonchev–Trinajstić information content (AvgIpc) is 2.16. The Labute approximate surface area is 96.8 Å². The quantitative estimate of drug-likeness (QED) is 0.577.